The van der Waals surface area contributed by atoms with E-state index >= 15 is 0 Å². The van der Waals surface area contributed by atoms with Gasteiger partial charge in [-0.3, -0.25) is 9.59 Å². The van der Waals surface area contributed by atoms with Crippen LogP contribution >= 0.6 is 0 Å². The van der Waals surface area contributed by atoms with Crippen LogP contribution in [0.2, 0.25) is 0 Å². The Hall–Kier alpha value is -2.84. The molecule has 3 nitrogen and oxygen atoms in total. The van der Waals surface area contributed by atoms with E-state index in [0.717, 1.165) is 4.90 Å². The van der Waals surface area contributed by atoms with E-state index in [9.17, 15) is 35.9 Å². The van der Waals surface area contributed by atoms with Gasteiger partial charge in [0.2, 0.25) is 0 Å². The van der Waals surface area contributed by atoms with Gasteiger partial charge < -0.3 is 4.90 Å². The van der Waals surface area contributed by atoms with Crippen LogP contribution in [0.3, 0.4) is 0 Å². The molecule has 0 bridgehead atoms. The van der Waals surface area contributed by atoms with Gasteiger partial charge in [0.15, 0.2) is 5.78 Å². The summed E-state index contributed by atoms with van der Waals surface area (Å²) in [6.45, 7) is 1.43. The molecule has 0 aromatic heterocycles. The van der Waals surface area contributed by atoms with E-state index in [0.29, 0.717) is 41.8 Å². The second-order valence-corrected chi connectivity index (χ2v) is 6.75. The van der Waals surface area contributed by atoms with Crippen LogP contribution in [0.1, 0.15) is 50.8 Å². The first kappa shape index (κ1) is 20.9. The van der Waals surface area contributed by atoms with Crippen molar-refractivity contribution in [3.8, 4) is 0 Å². The number of alkyl halides is 6. The Morgan fingerprint density at radius 3 is 1.97 bits per heavy atom. The SMILES string of the molecule is CC(=O)c1ccc2c(c1)N(C(=O)c1cc(C(F)(F)F)cc(C(F)(F)F)c1)CCC2. The van der Waals surface area contributed by atoms with Crippen molar-refractivity contribution >= 4 is 17.4 Å². The van der Waals surface area contributed by atoms with Gasteiger partial charge in [-0.2, -0.15) is 26.3 Å². The zero-order chi connectivity index (χ0) is 21.6. The number of carbonyl (C=O) groups excluding carboxylic acids is 2. The standard InChI is InChI=1S/C20H15F6NO2/c1-11(28)13-5-4-12-3-2-6-27(17(12)9-13)18(29)14-7-15(19(21,22)23)10-16(8-14)20(24,25)26/h4-5,7-10H,2-3,6H2,1H3. The van der Waals surface area contributed by atoms with Crippen molar-refractivity contribution in [3.63, 3.8) is 0 Å². The van der Waals surface area contributed by atoms with Crippen LogP contribution in [0.15, 0.2) is 36.4 Å². The molecule has 0 N–H and O–H groups in total. The molecule has 1 amide bonds. The summed E-state index contributed by atoms with van der Waals surface area (Å²) in [5, 5.41) is 0. The number of hydrogen-bond donors (Lipinski definition) is 0. The van der Waals surface area contributed by atoms with Crippen LogP contribution in [-0.2, 0) is 18.8 Å². The average molecular weight is 415 g/mol. The summed E-state index contributed by atoms with van der Waals surface area (Å²) in [6, 6.07) is 5.46. The highest BCUT2D eigenvalue weighted by molar-refractivity contribution is 6.07. The van der Waals surface area contributed by atoms with E-state index in [4.69, 9.17) is 0 Å². The van der Waals surface area contributed by atoms with E-state index < -0.39 is 35.0 Å². The number of ketones is 1. The molecule has 29 heavy (non-hydrogen) atoms. The fraction of sp³-hybridized carbons (Fsp3) is 0.300. The normalized spacial score (nSPS) is 14.5. The smallest absolute Gasteiger partial charge is 0.308 e. The maximum absolute atomic E-state index is 13.1. The van der Waals surface area contributed by atoms with Crippen LogP contribution in [0.5, 0.6) is 0 Å². The van der Waals surface area contributed by atoms with Gasteiger partial charge in [-0.05, 0) is 49.6 Å². The van der Waals surface area contributed by atoms with Crippen molar-refractivity contribution in [2.45, 2.75) is 32.1 Å². The topological polar surface area (TPSA) is 37.4 Å². The number of nitrogens with zero attached hydrogens (tertiary/aromatic N) is 1. The Kier molecular flexibility index (Phi) is 5.19. The lowest BCUT2D eigenvalue weighted by molar-refractivity contribution is -0.143. The first-order chi connectivity index (χ1) is 13.4. The van der Waals surface area contributed by atoms with Gasteiger partial charge in [0.25, 0.3) is 5.91 Å². The number of benzene rings is 2. The van der Waals surface area contributed by atoms with Gasteiger partial charge in [0, 0.05) is 23.4 Å². The number of hydrogen-bond acceptors (Lipinski definition) is 2. The van der Waals surface area contributed by atoms with Crippen molar-refractivity contribution in [2.75, 3.05) is 11.4 Å². The quantitative estimate of drug-likeness (QED) is 0.479. The minimum absolute atomic E-state index is 0.0191. The number of fused-ring (bicyclic) bond motifs is 1. The fourth-order valence-electron chi connectivity index (χ4n) is 3.24. The lowest BCUT2D eigenvalue weighted by Crippen LogP contribution is -2.36. The van der Waals surface area contributed by atoms with Gasteiger partial charge >= 0.3 is 12.4 Å². The van der Waals surface area contributed by atoms with Crippen molar-refractivity contribution in [1.82, 2.24) is 0 Å². The molecule has 1 aliphatic heterocycles. The van der Waals surface area contributed by atoms with Gasteiger partial charge in [-0.25, -0.2) is 0 Å². The molecule has 0 fully saturated rings. The summed E-state index contributed by atoms with van der Waals surface area (Å²) >= 11 is 0. The molecule has 1 aliphatic rings. The van der Waals surface area contributed by atoms with E-state index in [1.54, 1.807) is 12.1 Å². The third-order valence-electron chi connectivity index (χ3n) is 4.69. The van der Waals surface area contributed by atoms with Gasteiger partial charge in [-0.15, -0.1) is 0 Å². The van der Waals surface area contributed by atoms with E-state index in [-0.39, 0.29) is 18.4 Å². The van der Waals surface area contributed by atoms with Crippen molar-refractivity contribution in [3.05, 3.63) is 64.2 Å². The predicted molar refractivity (Wildman–Crippen MR) is 92.9 cm³/mol. The highest BCUT2D eigenvalue weighted by Gasteiger charge is 2.38. The van der Waals surface area contributed by atoms with Crippen LogP contribution in [0.25, 0.3) is 0 Å². The zero-order valence-electron chi connectivity index (χ0n) is 15.1. The summed E-state index contributed by atoms with van der Waals surface area (Å²) in [5.74, 6) is -1.26. The molecule has 0 radical (unpaired) electrons. The number of halogens is 6. The second kappa shape index (κ2) is 7.20. The Morgan fingerprint density at radius 1 is 0.862 bits per heavy atom. The predicted octanol–water partition coefficient (Wildman–Crippen LogP) is 5.52. The molecular formula is C20H15F6NO2. The molecular weight excluding hydrogens is 400 g/mol. The van der Waals surface area contributed by atoms with Crippen molar-refractivity contribution < 1.29 is 35.9 Å². The van der Waals surface area contributed by atoms with Crippen LogP contribution < -0.4 is 4.90 Å². The number of anilines is 1. The zero-order valence-corrected chi connectivity index (χ0v) is 15.1. The molecule has 0 atom stereocenters. The third-order valence-corrected chi connectivity index (χ3v) is 4.69. The third kappa shape index (κ3) is 4.28. The number of rotatable bonds is 2. The summed E-state index contributed by atoms with van der Waals surface area (Å²) < 4.78 is 78.6. The largest absolute Gasteiger partial charge is 0.416 e. The summed E-state index contributed by atoms with van der Waals surface area (Å²) in [4.78, 5) is 25.7. The average Bonchev–Trinajstić information content (AvgIpc) is 2.64. The number of aryl methyl sites for hydroxylation is 1. The molecule has 2 aromatic carbocycles. The molecule has 0 saturated heterocycles. The molecule has 154 valence electrons. The summed E-state index contributed by atoms with van der Waals surface area (Å²) in [7, 11) is 0. The molecule has 3 rings (SSSR count). The molecule has 1 heterocycles. The van der Waals surface area contributed by atoms with E-state index in [1.165, 1.54) is 13.0 Å². The van der Waals surface area contributed by atoms with Crippen LogP contribution in [0.4, 0.5) is 32.0 Å². The maximum atomic E-state index is 13.1. The van der Waals surface area contributed by atoms with E-state index in [2.05, 4.69) is 0 Å². The molecule has 0 spiro atoms. The Labute approximate surface area is 161 Å². The number of amides is 1. The number of Topliss-reactive ketones (excluding diaryl/α,β-unsaturated/α-hetero) is 1. The number of carbonyl (C=O) groups is 2. The van der Waals surface area contributed by atoms with Gasteiger partial charge in [0.1, 0.15) is 0 Å². The minimum atomic E-state index is -5.04. The monoisotopic (exact) mass is 415 g/mol. The fourth-order valence-corrected chi connectivity index (χ4v) is 3.24. The molecule has 2 aromatic rings. The molecule has 0 saturated carbocycles. The minimum Gasteiger partial charge on any atom is -0.308 e. The second-order valence-electron chi connectivity index (χ2n) is 6.75. The summed E-state index contributed by atoms with van der Waals surface area (Å²) in [6.07, 6.45) is -9.02. The van der Waals surface area contributed by atoms with E-state index in [1.807, 2.05) is 0 Å². The summed E-state index contributed by atoms with van der Waals surface area (Å²) in [5.41, 5.74) is -2.51. The lowest BCUT2D eigenvalue weighted by atomic mass is 9.97. The lowest BCUT2D eigenvalue weighted by Gasteiger charge is -2.30. The van der Waals surface area contributed by atoms with Crippen LogP contribution in [0, 0.1) is 0 Å². The van der Waals surface area contributed by atoms with Crippen LogP contribution in [-0.4, -0.2) is 18.2 Å². The highest BCUT2D eigenvalue weighted by Crippen LogP contribution is 2.37. The first-order valence-corrected chi connectivity index (χ1v) is 8.63. The Bertz CT molecular complexity index is 946. The first-order valence-electron chi connectivity index (χ1n) is 8.63. The molecule has 0 aliphatic carbocycles. The van der Waals surface area contributed by atoms with Gasteiger partial charge in [0.05, 0.1) is 11.1 Å². The van der Waals surface area contributed by atoms with Crippen molar-refractivity contribution in [2.24, 2.45) is 0 Å². The highest BCUT2D eigenvalue weighted by atomic mass is 19.4. The Morgan fingerprint density at radius 2 is 1.45 bits per heavy atom. The maximum Gasteiger partial charge on any atom is 0.416 e. The Balaban J connectivity index is 2.10. The van der Waals surface area contributed by atoms with Crippen molar-refractivity contribution in [1.29, 1.82) is 0 Å². The molecule has 9 heteroatoms. The van der Waals surface area contributed by atoms with Gasteiger partial charge in [-0.1, -0.05) is 12.1 Å². The molecule has 0 unspecified atom stereocenters.